The third-order valence-corrected chi connectivity index (χ3v) is 4.56. The molecule has 0 aromatic heterocycles. The highest BCUT2D eigenvalue weighted by Gasteiger charge is 2.18. The van der Waals surface area contributed by atoms with Gasteiger partial charge in [0.25, 0.3) is 0 Å². The number of carbonyl (C=O) groups excluding carboxylic acids is 1. The Hall–Kier alpha value is -1.48. The van der Waals surface area contributed by atoms with Crippen molar-refractivity contribution < 1.29 is 22.7 Å². The number of ether oxygens (including phenoxy) is 2. The summed E-state index contributed by atoms with van der Waals surface area (Å²) in [6.45, 7) is 2.21. The Bertz CT molecular complexity index is 611. The average Bonchev–Trinajstić information content (AvgIpc) is 2.53. The molecule has 0 spiro atoms. The van der Waals surface area contributed by atoms with Crippen molar-refractivity contribution in [3.05, 3.63) is 35.4 Å². The van der Waals surface area contributed by atoms with Gasteiger partial charge in [0.15, 0.2) is 0 Å². The van der Waals surface area contributed by atoms with Gasteiger partial charge >= 0.3 is 5.97 Å². The van der Waals surface area contributed by atoms with E-state index < -0.39 is 16.0 Å². The fourth-order valence-corrected chi connectivity index (χ4v) is 3.31. The van der Waals surface area contributed by atoms with Gasteiger partial charge in [-0.15, -0.1) is 0 Å². The van der Waals surface area contributed by atoms with Crippen molar-refractivity contribution in [2.24, 2.45) is 0 Å². The van der Waals surface area contributed by atoms with Crippen LogP contribution in [0.15, 0.2) is 24.3 Å². The van der Waals surface area contributed by atoms with Crippen LogP contribution in [0.4, 0.5) is 0 Å². The van der Waals surface area contributed by atoms with Crippen LogP contribution in [-0.4, -0.2) is 53.8 Å². The van der Waals surface area contributed by atoms with Crippen LogP contribution in [0.1, 0.15) is 15.9 Å². The summed E-state index contributed by atoms with van der Waals surface area (Å²) in [7, 11) is -2.21. The molecule has 7 nitrogen and oxygen atoms in total. The third kappa shape index (κ3) is 5.06. The molecule has 0 bridgehead atoms. The van der Waals surface area contributed by atoms with Crippen LogP contribution in [0.3, 0.4) is 0 Å². The molecule has 2 N–H and O–H groups in total. The van der Waals surface area contributed by atoms with Gasteiger partial charge in [-0.1, -0.05) is 12.1 Å². The Morgan fingerprint density at radius 1 is 1.50 bits per heavy atom. The smallest absolute Gasteiger partial charge is 0.337 e. The first-order valence-corrected chi connectivity index (χ1v) is 8.62. The first kappa shape index (κ1) is 16.9. The molecule has 0 saturated carbocycles. The van der Waals surface area contributed by atoms with E-state index in [4.69, 9.17) is 4.74 Å². The van der Waals surface area contributed by atoms with Gasteiger partial charge in [-0.05, 0) is 17.7 Å². The molecular formula is C14H20N2O5S. The summed E-state index contributed by atoms with van der Waals surface area (Å²) in [5.41, 5.74) is 0.855. The van der Waals surface area contributed by atoms with Crippen molar-refractivity contribution in [1.82, 2.24) is 10.0 Å². The quantitative estimate of drug-likeness (QED) is 0.707. The van der Waals surface area contributed by atoms with Crippen molar-refractivity contribution in [1.29, 1.82) is 0 Å². The van der Waals surface area contributed by atoms with Gasteiger partial charge in [0, 0.05) is 19.6 Å². The second kappa shape index (κ2) is 7.68. The Balaban J connectivity index is 1.94. The zero-order valence-corrected chi connectivity index (χ0v) is 13.2. The summed E-state index contributed by atoms with van der Waals surface area (Å²) in [6, 6.07) is 6.39. The Kier molecular flexibility index (Phi) is 5.90. The molecule has 1 aliphatic rings. The number of rotatable bonds is 6. The van der Waals surface area contributed by atoms with Crippen LogP contribution in [0, 0.1) is 0 Å². The van der Waals surface area contributed by atoms with Gasteiger partial charge in [0.05, 0.1) is 31.1 Å². The van der Waals surface area contributed by atoms with Crippen molar-refractivity contribution in [3.63, 3.8) is 0 Å². The monoisotopic (exact) mass is 328 g/mol. The zero-order valence-electron chi connectivity index (χ0n) is 12.4. The molecule has 1 aromatic rings. The van der Waals surface area contributed by atoms with E-state index in [1.807, 2.05) is 0 Å². The largest absolute Gasteiger partial charge is 0.465 e. The molecular weight excluding hydrogens is 308 g/mol. The molecule has 1 saturated heterocycles. The van der Waals surface area contributed by atoms with E-state index in [0.717, 1.165) is 6.54 Å². The Labute approximate surface area is 130 Å². The molecule has 1 fully saturated rings. The van der Waals surface area contributed by atoms with Crippen LogP contribution in [0.25, 0.3) is 0 Å². The van der Waals surface area contributed by atoms with Gasteiger partial charge in [-0.25, -0.2) is 17.9 Å². The molecule has 1 unspecified atom stereocenters. The van der Waals surface area contributed by atoms with Crippen LogP contribution < -0.4 is 10.0 Å². The van der Waals surface area contributed by atoms with Crippen LogP contribution in [0.2, 0.25) is 0 Å². The number of hydrogen-bond donors (Lipinski definition) is 2. The summed E-state index contributed by atoms with van der Waals surface area (Å²) in [4.78, 5) is 11.5. The molecule has 1 aromatic carbocycles. The van der Waals surface area contributed by atoms with Crippen LogP contribution >= 0.6 is 0 Å². The molecule has 0 amide bonds. The van der Waals surface area contributed by atoms with Gasteiger partial charge in [0.1, 0.15) is 0 Å². The predicted molar refractivity (Wildman–Crippen MR) is 81.0 cm³/mol. The van der Waals surface area contributed by atoms with Gasteiger partial charge < -0.3 is 14.8 Å². The van der Waals surface area contributed by atoms with E-state index in [1.165, 1.54) is 13.2 Å². The fraction of sp³-hybridized carbons (Fsp3) is 0.500. The number of carbonyl (C=O) groups is 1. The van der Waals surface area contributed by atoms with Gasteiger partial charge in [0.2, 0.25) is 10.0 Å². The van der Waals surface area contributed by atoms with Crippen molar-refractivity contribution in [3.8, 4) is 0 Å². The summed E-state index contributed by atoms with van der Waals surface area (Å²) >= 11 is 0. The molecule has 22 heavy (non-hydrogen) atoms. The van der Waals surface area contributed by atoms with E-state index >= 15 is 0 Å². The lowest BCUT2D eigenvalue weighted by Crippen LogP contribution is -2.45. The van der Waals surface area contributed by atoms with E-state index in [-0.39, 0.29) is 18.4 Å². The highest BCUT2D eigenvalue weighted by atomic mass is 32.2. The van der Waals surface area contributed by atoms with Gasteiger partial charge in [-0.3, -0.25) is 0 Å². The lowest BCUT2D eigenvalue weighted by Gasteiger charge is -2.23. The van der Waals surface area contributed by atoms with Crippen LogP contribution in [0.5, 0.6) is 0 Å². The molecule has 1 aliphatic heterocycles. The van der Waals surface area contributed by atoms with Gasteiger partial charge in [-0.2, -0.15) is 0 Å². The standard InChI is InChI=1S/C14H20N2O5S/c1-20-14(17)12-4-2-3-11(7-12)10-22(18,19)16-9-13-8-15-5-6-21-13/h2-4,7,13,15-16H,5-6,8-10H2,1H3. The number of sulfonamides is 1. The van der Waals surface area contributed by atoms with Crippen molar-refractivity contribution in [2.45, 2.75) is 11.9 Å². The zero-order chi connectivity index (χ0) is 16.0. The lowest BCUT2D eigenvalue weighted by molar-refractivity contribution is 0.0324. The lowest BCUT2D eigenvalue weighted by atomic mass is 10.1. The maximum Gasteiger partial charge on any atom is 0.337 e. The minimum atomic E-state index is -3.49. The number of nitrogens with one attached hydrogen (secondary N) is 2. The highest BCUT2D eigenvalue weighted by molar-refractivity contribution is 7.88. The normalized spacial score (nSPS) is 18.9. The third-order valence-electron chi connectivity index (χ3n) is 3.24. The van der Waals surface area contributed by atoms with E-state index in [1.54, 1.807) is 18.2 Å². The summed E-state index contributed by atoms with van der Waals surface area (Å²) in [5.74, 6) is -0.688. The summed E-state index contributed by atoms with van der Waals surface area (Å²) < 4.78 is 36.8. The molecule has 8 heteroatoms. The Morgan fingerprint density at radius 3 is 3.00 bits per heavy atom. The van der Waals surface area contributed by atoms with Crippen molar-refractivity contribution in [2.75, 3.05) is 33.4 Å². The SMILES string of the molecule is COC(=O)c1cccc(CS(=O)(=O)NCC2CNCCO2)c1. The number of esters is 1. The molecule has 1 heterocycles. The first-order valence-electron chi connectivity index (χ1n) is 6.97. The second-order valence-electron chi connectivity index (χ2n) is 5.00. The number of benzene rings is 1. The fourth-order valence-electron chi connectivity index (χ4n) is 2.15. The maximum atomic E-state index is 12.1. The minimum absolute atomic E-state index is 0.162. The van der Waals surface area contributed by atoms with E-state index in [9.17, 15) is 13.2 Å². The predicted octanol–water partition coefficient (Wildman–Crippen LogP) is -0.119. The van der Waals surface area contributed by atoms with Crippen LogP contribution in [-0.2, 0) is 25.2 Å². The molecule has 122 valence electrons. The summed E-state index contributed by atoms with van der Waals surface area (Å²) in [5, 5.41) is 3.14. The number of methoxy groups -OCH3 is 1. The molecule has 2 rings (SSSR count). The minimum Gasteiger partial charge on any atom is -0.465 e. The average molecular weight is 328 g/mol. The van der Waals surface area contributed by atoms with E-state index in [2.05, 4.69) is 14.8 Å². The molecule has 0 radical (unpaired) electrons. The summed E-state index contributed by atoms with van der Waals surface area (Å²) in [6.07, 6.45) is -0.162. The molecule has 1 atom stereocenters. The maximum absolute atomic E-state index is 12.1. The number of morpholine rings is 1. The Morgan fingerprint density at radius 2 is 2.32 bits per heavy atom. The number of hydrogen-bond acceptors (Lipinski definition) is 6. The first-order chi connectivity index (χ1) is 10.5. The second-order valence-corrected chi connectivity index (χ2v) is 6.80. The van der Waals surface area contributed by atoms with E-state index in [0.29, 0.717) is 24.3 Å². The highest BCUT2D eigenvalue weighted by Crippen LogP contribution is 2.10. The molecule has 0 aliphatic carbocycles. The van der Waals surface area contributed by atoms with Crippen molar-refractivity contribution >= 4 is 16.0 Å². The topological polar surface area (TPSA) is 93.7 Å².